The van der Waals surface area contributed by atoms with Gasteiger partial charge in [-0.1, -0.05) is 0 Å². The Balaban J connectivity index is 2.04. The SMILES string of the molecule is O=c1[nH]cc(N=Cc2cc3c(cc2[N+](=O)[O-])OCO3)c(=O)[nH]1. The Bertz CT molecular complexity index is 897. The van der Waals surface area contributed by atoms with E-state index in [1.54, 1.807) is 0 Å². The maximum Gasteiger partial charge on any atom is 0.325 e. The Labute approximate surface area is 121 Å². The first kappa shape index (κ1) is 13.5. The van der Waals surface area contributed by atoms with Crippen molar-refractivity contribution < 1.29 is 14.4 Å². The predicted molar refractivity (Wildman–Crippen MR) is 74.2 cm³/mol. The van der Waals surface area contributed by atoms with Crippen molar-refractivity contribution in [3.05, 3.63) is 54.8 Å². The van der Waals surface area contributed by atoms with Crippen molar-refractivity contribution in [2.45, 2.75) is 0 Å². The molecule has 2 N–H and O–H groups in total. The van der Waals surface area contributed by atoms with Crippen LogP contribution >= 0.6 is 0 Å². The fourth-order valence-electron chi connectivity index (χ4n) is 1.85. The molecule has 10 heteroatoms. The Morgan fingerprint density at radius 2 is 2.00 bits per heavy atom. The second-order valence-electron chi connectivity index (χ2n) is 4.24. The topological polar surface area (TPSA) is 140 Å². The lowest BCUT2D eigenvalue weighted by atomic mass is 10.1. The fraction of sp³-hybridized carbons (Fsp3) is 0.0833. The molecule has 1 aliphatic heterocycles. The number of aromatic nitrogens is 2. The van der Waals surface area contributed by atoms with E-state index in [9.17, 15) is 19.7 Å². The average Bonchev–Trinajstić information content (AvgIpc) is 2.92. The number of hydrogen-bond acceptors (Lipinski definition) is 7. The van der Waals surface area contributed by atoms with E-state index in [2.05, 4.69) is 9.98 Å². The number of fused-ring (bicyclic) bond motifs is 1. The van der Waals surface area contributed by atoms with Crippen molar-refractivity contribution in [3.63, 3.8) is 0 Å². The van der Waals surface area contributed by atoms with Crippen LogP contribution in [-0.2, 0) is 0 Å². The van der Waals surface area contributed by atoms with Crippen molar-refractivity contribution in [1.82, 2.24) is 9.97 Å². The summed E-state index contributed by atoms with van der Waals surface area (Å²) >= 11 is 0. The minimum absolute atomic E-state index is 0.0212. The lowest BCUT2D eigenvalue weighted by molar-refractivity contribution is -0.385. The van der Waals surface area contributed by atoms with Crippen LogP contribution in [0.15, 0.2) is 32.9 Å². The molecule has 1 aliphatic rings. The van der Waals surface area contributed by atoms with Gasteiger partial charge in [0.25, 0.3) is 11.2 Å². The van der Waals surface area contributed by atoms with Gasteiger partial charge in [-0.2, -0.15) is 0 Å². The van der Waals surface area contributed by atoms with Crippen LogP contribution < -0.4 is 20.7 Å². The third kappa shape index (κ3) is 2.44. The molecule has 0 amide bonds. The number of benzene rings is 1. The number of nitro benzene ring substituents is 1. The molecular formula is C12H8N4O6. The molecule has 0 atom stereocenters. The summed E-state index contributed by atoms with van der Waals surface area (Å²) in [7, 11) is 0. The molecule has 3 rings (SSSR count). The van der Waals surface area contributed by atoms with Gasteiger partial charge in [-0.25, -0.2) is 9.79 Å². The number of hydrogen-bond donors (Lipinski definition) is 2. The zero-order valence-electron chi connectivity index (χ0n) is 10.9. The summed E-state index contributed by atoms with van der Waals surface area (Å²) in [6.07, 6.45) is 2.25. The first-order valence-corrected chi connectivity index (χ1v) is 5.99. The summed E-state index contributed by atoms with van der Waals surface area (Å²) in [6.45, 7) is -0.0212. The summed E-state index contributed by atoms with van der Waals surface area (Å²) in [4.78, 5) is 41.0. The lowest BCUT2D eigenvalue weighted by Gasteiger charge is -2.00. The smallest absolute Gasteiger partial charge is 0.325 e. The second-order valence-corrected chi connectivity index (χ2v) is 4.24. The fourth-order valence-corrected chi connectivity index (χ4v) is 1.85. The van der Waals surface area contributed by atoms with Crippen LogP contribution in [0.3, 0.4) is 0 Å². The molecule has 1 aromatic carbocycles. The Hall–Kier alpha value is -3.43. The Morgan fingerprint density at radius 1 is 1.27 bits per heavy atom. The van der Waals surface area contributed by atoms with Gasteiger partial charge in [-0.3, -0.25) is 19.9 Å². The van der Waals surface area contributed by atoms with Crippen LogP contribution in [0.4, 0.5) is 11.4 Å². The molecule has 22 heavy (non-hydrogen) atoms. The summed E-state index contributed by atoms with van der Waals surface area (Å²) in [5.41, 5.74) is -1.57. The number of rotatable bonds is 3. The highest BCUT2D eigenvalue weighted by molar-refractivity contribution is 5.88. The molecule has 0 spiro atoms. The van der Waals surface area contributed by atoms with Gasteiger partial charge in [0, 0.05) is 12.4 Å². The van der Waals surface area contributed by atoms with Crippen LogP contribution in [0.1, 0.15) is 5.56 Å². The first-order chi connectivity index (χ1) is 10.5. The number of nitrogens with one attached hydrogen (secondary N) is 2. The van der Waals surface area contributed by atoms with Gasteiger partial charge in [0.2, 0.25) is 6.79 Å². The van der Waals surface area contributed by atoms with Gasteiger partial charge in [0.05, 0.1) is 16.6 Å². The molecule has 0 radical (unpaired) electrons. The zero-order chi connectivity index (χ0) is 15.7. The van der Waals surface area contributed by atoms with Crippen molar-refractivity contribution in [3.8, 4) is 11.5 Å². The predicted octanol–water partition coefficient (Wildman–Crippen LogP) is 0.451. The van der Waals surface area contributed by atoms with E-state index in [0.717, 1.165) is 12.4 Å². The molecule has 0 saturated heterocycles. The molecule has 2 heterocycles. The minimum atomic E-state index is -0.705. The van der Waals surface area contributed by atoms with E-state index in [4.69, 9.17) is 9.47 Å². The maximum absolute atomic E-state index is 11.5. The van der Waals surface area contributed by atoms with Crippen molar-refractivity contribution >= 4 is 17.6 Å². The number of H-pyrrole nitrogens is 2. The van der Waals surface area contributed by atoms with E-state index in [1.165, 1.54) is 12.1 Å². The van der Waals surface area contributed by atoms with E-state index in [1.807, 2.05) is 4.98 Å². The van der Waals surface area contributed by atoms with Gasteiger partial charge < -0.3 is 14.5 Å². The van der Waals surface area contributed by atoms with Gasteiger partial charge in [0.15, 0.2) is 11.5 Å². The van der Waals surface area contributed by atoms with Gasteiger partial charge >= 0.3 is 5.69 Å². The number of ether oxygens (including phenoxy) is 2. The molecule has 0 unspecified atom stereocenters. The van der Waals surface area contributed by atoms with Crippen LogP contribution in [0.2, 0.25) is 0 Å². The minimum Gasteiger partial charge on any atom is -0.454 e. The number of nitro groups is 1. The van der Waals surface area contributed by atoms with Crippen molar-refractivity contribution in [1.29, 1.82) is 0 Å². The highest BCUT2D eigenvalue weighted by Gasteiger charge is 2.22. The molecule has 112 valence electrons. The Kier molecular flexibility index (Phi) is 3.18. The number of nitrogens with zero attached hydrogens (tertiary/aromatic N) is 2. The standard InChI is InChI=1S/C12H8N4O6/c17-11-7(4-14-12(18)15-11)13-3-6-1-9-10(22-5-21-9)2-8(6)16(19)20/h1-4H,5H2,(H2,14,15,17,18). The quantitative estimate of drug-likeness (QED) is 0.479. The van der Waals surface area contributed by atoms with E-state index in [-0.39, 0.29) is 29.5 Å². The van der Waals surface area contributed by atoms with Crippen LogP contribution in [0.5, 0.6) is 11.5 Å². The van der Waals surface area contributed by atoms with E-state index >= 15 is 0 Å². The third-order valence-corrected chi connectivity index (χ3v) is 2.86. The van der Waals surface area contributed by atoms with Crippen molar-refractivity contribution in [2.24, 2.45) is 4.99 Å². The average molecular weight is 304 g/mol. The van der Waals surface area contributed by atoms with Crippen LogP contribution in [0, 0.1) is 10.1 Å². The summed E-state index contributed by atoms with van der Waals surface area (Å²) in [5, 5.41) is 11.1. The third-order valence-electron chi connectivity index (χ3n) is 2.86. The molecule has 10 nitrogen and oxygen atoms in total. The van der Waals surface area contributed by atoms with Crippen molar-refractivity contribution in [2.75, 3.05) is 6.79 Å². The maximum atomic E-state index is 11.5. The largest absolute Gasteiger partial charge is 0.454 e. The van der Waals surface area contributed by atoms with Crippen LogP contribution in [0.25, 0.3) is 0 Å². The molecular weight excluding hydrogens is 296 g/mol. The number of aromatic amines is 2. The molecule has 1 aromatic heterocycles. The number of aliphatic imine (C=N–C) groups is 1. The van der Waals surface area contributed by atoms with Crippen LogP contribution in [-0.4, -0.2) is 27.9 Å². The molecule has 2 aromatic rings. The Morgan fingerprint density at radius 3 is 2.68 bits per heavy atom. The molecule has 0 saturated carbocycles. The second kappa shape index (κ2) is 5.16. The lowest BCUT2D eigenvalue weighted by Crippen LogP contribution is -2.20. The summed E-state index contributed by atoms with van der Waals surface area (Å²) in [5.74, 6) is 0.619. The molecule has 0 aliphatic carbocycles. The molecule has 0 fully saturated rings. The normalized spacial score (nSPS) is 12.7. The first-order valence-electron chi connectivity index (χ1n) is 5.99. The van der Waals surface area contributed by atoms with Gasteiger partial charge in [-0.05, 0) is 6.07 Å². The van der Waals surface area contributed by atoms with E-state index in [0.29, 0.717) is 5.75 Å². The van der Waals surface area contributed by atoms with Gasteiger partial charge in [-0.15, -0.1) is 0 Å². The summed E-state index contributed by atoms with van der Waals surface area (Å²) < 4.78 is 10.2. The molecule has 0 bridgehead atoms. The van der Waals surface area contributed by atoms with Gasteiger partial charge in [0.1, 0.15) is 5.69 Å². The summed E-state index contributed by atoms with van der Waals surface area (Å²) in [6, 6.07) is 2.62. The highest BCUT2D eigenvalue weighted by Crippen LogP contribution is 2.37. The highest BCUT2D eigenvalue weighted by atomic mass is 16.7. The monoisotopic (exact) mass is 304 g/mol. The van der Waals surface area contributed by atoms with E-state index < -0.39 is 16.2 Å². The zero-order valence-corrected chi connectivity index (χ0v) is 10.9.